The number of hydrogen-bond acceptors (Lipinski definition) is 9. The second-order valence-electron chi connectivity index (χ2n) is 10.5. The Labute approximate surface area is 233 Å². The lowest BCUT2D eigenvalue weighted by atomic mass is 9.87. The first kappa shape index (κ1) is 25.3. The molecule has 6 heterocycles. The predicted octanol–water partition coefficient (Wildman–Crippen LogP) is 2.38. The number of amides is 1. The zero-order valence-electron chi connectivity index (χ0n) is 21.8. The van der Waals surface area contributed by atoms with E-state index in [9.17, 15) is 17.6 Å². The van der Waals surface area contributed by atoms with Crippen molar-refractivity contribution in [1.29, 1.82) is 0 Å². The first-order valence-corrected chi connectivity index (χ1v) is 14.9. The Balaban J connectivity index is 1.29. The molecule has 3 N–H and O–H groups in total. The van der Waals surface area contributed by atoms with E-state index in [-0.39, 0.29) is 46.1 Å². The monoisotopic (exact) mass is 576 g/mol. The van der Waals surface area contributed by atoms with Gasteiger partial charge in [0.15, 0.2) is 21.2 Å². The van der Waals surface area contributed by atoms with E-state index in [1.54, 1.807) is 35.4 Å². The predicted molar refractivity (Wildman–Crippen MR) is 144 cm³/mol. The van der Waals surface area contributed by atoms with E-state index in [4.69, 9.17) is 10.7 Å². The number of carbonyl (C=O) groups excluding carboxylic acids is 1. The van der Waals surface area contributed by atoms with Crippen molar-refractivity contribution in [3.63, 3.8) is 0 Å². The highest BCUT2D eigenvalue weighted by molar-refractivity contribution is 7.91. The summed E-state index contributed by atoms with van der Waals surface area (Å²) in [7, 11) is -3.77. The van der Waals surface area contributed by atoms with Crippen LogP contribution in [0.25, 0.3) is 22.5 Å². The fourth-order valence-corrected chi connectivity index (χ4v) is 7.30. The third-order valence-electron chi connectivity index (χ3n) is 8.01. The van der Waals surface area contributed by atoms with Crippen LogP contribution in [0.1, 0.15) is 47.8 Å². The van der Waals surface area contributed by atoms with Crippen molar-refractivity contribution in [1.82, 2.24) is 44.7 Å². The summed E-state index contributed by atoms with van der Waals surface area (Å²) in [5, 5.41) is 18.9. The molecule has 1 aromatic carbocycles. The molecule has 0 aliphatic carbocycles. The van der Waals surface area contributed by atoms with Gasteiger partial charge in [0.1, 0.15) is 16.5 Å². The van der Waals surface area contributed by atoms with Crippen LogP contribution in [-0.2, 0) is 9.84 Å². The van der Waals surface area contributed by atoms with Gasteiger partial charge in [-0.15, -0.1) is 0 Å². The Kier molecular flexibility index (Phi) is 5.67. The second kappa shape index (κ2) is 9.19. The molecule has 7 rings (SSSR count). The molecule has 2 aliphatic heterocycles. The Morgan fingerprint density at radius 3 is 2.46 bits per heavy atom. The number of piperidine rings is 1. The van der Waals surface area contributed by atoms with Gasteiger partial charge >= 0.3 is 0 Å². The number of nitrogens with one attached hydrogen (secondary N) is 1. The molecule has 13 nitrogen and oxygen atoms in total. The van der Waals surface area contributed by atoms with E-state index in [0.717, 1.165) is 19.1 Å². The summed E-state index contributed by atoms with van der Waals surface area (Å²) >= 11 is 0. The lowest BCUT2D eigenvalue weighted by Crippen LogP contribution is -2.46. The largest absolute Gasteiger partial charge is 0.382 e. The van der Waals surface area contributed by atoms with Gasteiger partial charge in [0.25, 0.3) is 5.91 Å². The van der Waals surface area contributed by atoms with E-state index in [1.807, 2.05) is 4.90 Å². The maximum atomic E-state index is 13.4. The molecule has 2 fully saturated rings. The molecule has 4 aromatic heterocycles. The number of H-pyrrole nitrogens is 1. The number of aromatic nitrogens is 8. The number of carbonyl (C=O) groups is 1. The highest BCUT2D eigenvalue weighted by Gasteiger charge is 2.46. The Morgan fingerprint density at radius 1 is 1.07 bits per heavy atom. The lowest BCUT2D eigenvalue weighted by Gasteiger charge is -2.38. The average molecular weight is 577 g/mol. The van der Waals surface area contributed by atoms with Crippen LogP contribution in [0.4, 0.5) is 10.2 Å². The molecule has 0 spiro atoms. The minimum atomic E-state index is -3.77. The number of aromatic amines is 1. The standard InChI is InChI=1S/C26H25FN10O3S/c1-41(39,40)23-22(14-8-18-6-7-19(9-14)36(18)26(38)21-12-29-34-33-21)32-25-20(11-31-37(25)24(23)28)15-10-30-35(13-15)17-4-2-16(27)3-5-17/h2-5,10-14,18-19H,6-9,28H2,1H3,(H,29,33,34)/t14?,18-,19?/m1/s1. The van der Waals surface area contributed by atoms with E-state index >= 15 is 0 Å². The fourth-order valence-electron chi connectivity index (χ4n) is 6.24. The minimum Gasteiger partial charge on any atom is -0.382 e. The van der Waals surface area contributed by atoms with Crippen molar-refractivity contribution in [2.45, 2.75) is 48.6 Å². The Hall–Kier alpha value is -4.66. The van der Waals surface area contributed by atoms with Gasteiger partial charge in [0.05, 0.1) is 30.0 Å². The van der Waals surface area contributed by atoms with Gasteiger partial charge in [-0.25, -0.2) is 22.5 Å². The molecule has 2 unspecified atom stereocenters. The van der Waals surface area contributed by atoms with Gasteiger partial charge in [0.2, 0.25) is 0 Å². The number of rotatable bonds is 5. The van der Waals surface area contributed by atoms with Gasteiger partial charge in [-0.3, -0.25) is 4.79 Å². The number of benzene rings is 1. The van der Waals surface area contributed by atoms with Gasteiger partial charge in [-0.1, -0.05) is 0 Å². The van der Waals surface area contributed by atoms with Crippen LogP contribution < -0.4 is 5.73 Å². The zero-order valence-corrected chi connectivity index (χ0v) is 22.7. The zero-order chi connectivity index (χ0) is 28.5. The molecule has 0 saturated carbocycles. The first-order valence-electron chi connectivity index (χ1n) is 13.1. The number of nitrogen functional groups attached to an aromatic ring is 1. The quantitative estimate of drug-likeness (QED) is 0.319. The topological polar surface area (TPSA) is 170 Å². The van der Waals surface area contributed by atoms with Gasteiger partial charge in [-0.05, 0) is 49.9 Å². The third-order valence-corrected chi connectivity index (χ3v) is 9.17. The number of halogens is 1. The van der Waals surface area contributed by atoms with Crippen molar-refractivity contribution in [3.05, 3.63) is 66.3 Å². The van der Waals surface area contributed by atoms with Gasteiger partial charge in [-0.2, -0.15) is 30.1 Å². The first-order chi connectivity index (χ1) is 19.7. The summed E-state index contributed by atoms with van der Waals surface area (Å²) < 4.78 is 42.4. The van der Waals surface area contributed by atoms with Crippen LogP contribution in [-0.4, -0.2) is 77.4 Å². The number of hydrogen-bond donors (Lipinski definition) is 2. The molecule has 5 aromatic rings. The molecule has 15 heteroatoms. The normalized spacial score (nSPS) is 20.6. The lowest BCUT2D eigenvalue weighted by molar-refractivity contribution is 0.0562. The maximum Gasteiger partial charge on any atom is 0.276 e. The molecule has 2 aliphatic rings. The molecule has 0 radical (unpaired) electrons. The molecule has 1 amide bonds. The Morgan fingerprint density at radius 2 is 1.80 bits per heavy atom. The summed E-state index contributed by atoms with van der Waals surface area (Å²) in [5.41, 5.74) is 9.49. The highest BCUT2D eigenvalue weighted by atomic mass is 32.2. The summed E-state index contributed by atoms with van der Waals surface area (Å²) in [6.45, 7) is 0. The average Bonchev–Trinajstić information content (AvgIpc) is 3.74. The number of anilines is 1. The second-order valence-corrected chi connectivity index (χ2v) is 12.5. The number of nitrogens with two attached hydrogens (primary N) is 1. The van der Waals surface area contributed by atoms with E-state index in [1.165, 1.54) is 22.8 Å². The van der Waals surface area contributed by atoms with Crippen molar-refractivity contribution < 1.29 is 17.6 Å². The maximum absolute atomic E-state index is 13.4. The molecular formula is C26H25FN10O3S. The summed E-state index contributed by atoms with van der Waals surface area (Å²) in [6, 6.07) is 5.75. The third kappa shape index (κ3) is 4.15. The van der Waals surface area contributed by atoms with Gasteiger partial charge in [0, 0.05) is 41.6 Å². The van der Waals surface area contributed by atoms with Crippen molar-refractivity contribution in [2.24, 2.45) is 0 Å². The molecular weight excluding hydrogens is 551 g/mol. The van der Waals surface area contributed by atoms with E-state index < -0.39 is 9.84 Å². The van der Waals surface area contributed by atoms with Crippen LogP contribution in [0.5, 0.6) is 0 Å². The SMILES string of the molecule is CS(=O)(=O)c1c(C2CC3CC[C@H](C2)N3C(=O)c2cn[nH]n2)nc2c(-c3cnn(-c4ccc(F)cc4)c3)cnn2c1N. The summed E-state index contributed by atoms with van der Waals surface area (Å²) in [4.78, 5) is 19.9. The van der Waals surface area contributed by atoms with Gasteiger partial charge < -0.3 is 10.6 Å². The number of nitrogens with zero attached hydrogens (tertiary/aromatic N) is 8. The summed E-state index contributed by atoms with van der Waals surface area (Å²) in [5.74, 6) is -0.791. The van der Waals surface area contributed by atoms with Crippen molar-refractivity contribution in [2.75, 3.05) is 12.0 Å². The molecule has 3 atom stereocenters. The number of sulfone groups is 1. The Bertz CT molecular complexity index is 1890. The van der Waals surface area contributed by atoms with E-state index in [0.29, 0.717) is 41.0 Å². The summed E-state index contributed by atoms with van der Waals surface area (Å²) in [6.07, 6.45) is 10.2. The van der Waals surface area contributed by atoms with Crippen LogP contribution >= 0.6 is 0 Å². The number of fused-ring (bicyclic) bond motifs is 3. The smallest absolute Gasteiger partial charge is 0.276 e. The van der Waals surface area contributed by atoms with Crippen LogP contribution in [0.15, 0.2) is 53.9 Å². The minimum absolute atomic E-state index is 0.0156. The van der Waals surface area contributed by atoms with E-state index in [2.05, 4.69) is 25.6 Å². The molecule has 2 saturated heterocycles. The fraction of sp³-hybridized carbons (Fsp3) is 0.308. The van der Waals surface area contributed by atoms with Crippen molar-refractivity contribution in [3.8, 4) is 16.8 Å². The molecule has 41 heavy (non-hydrogen) atoms. The van der Waals surface area contributed by atoms with Crippen LogP contribution in [0, 0.1) is 5.82 Å². The molecule has 2 bridgehead atoms. The van der Waals surface area contributed by atoms with Crippen LogP contribution in [0.2, 0.25) is 0 Å². The highest BCUT2D eigenvalue weighted by Crippen LogP contribution is 2.45. The van der Waals surface area contributed by atoms with Crippen molar-refractivity contribution >= 4 is 27.2 Å². The molecule has 210 valence electrons. The van der Waals surface area contributed by atoms with Crippen LogP contribution in [0.3, 0.4) is 0 Å².